The smallest absolute Gasteiger partial charge is 0.490 e. The first-order valence-corrected chi connectivity index (χ1v) is 6.64. The van der Waals surface area contributed by atoms with Crippen LogP contribution >= 0.6 is 0 Å². The third-order valence-corrected chi connectivity index (χ3v) is 2.46. The van der Waals surface area contributed by atoms with Crippen LogP contribution in [0.5, 0.6) is 5.75 Å². The van der Waals surface area contributed by atoms with Crippen molar-refractivity contribution in [1.29, 1.82) is 0 Å². The Labute approximate surface area is 126 Å². The van der Waals surface area contributed by atoms with E-state index in [9.17, 15) is 13.2 Å². The van der Waals surface area contributed by atoms with Gasteiger partial charge in [0.1, 0.15) is 12.4 Å². The fourth-order valence-corrected chi connectivity index (χ4v) is 1.47. The van der Waals surface area contributed by atoms with Crippen LogP contribution in [0.4, 0.5) is 13.2 Å². The summed E-state index contributed by atoms with van der Waals surface area (Å²) in [6, 6.07) is 7.94. The van der Waals surface area contributed by atoms with Crippen LogP contribution in [0.3, 0.4) is 0 Å². The van der Waals surface area contributed by atoms with E-state index in [0.717, 1.165) is 31.6 Å². The highest BCUT2D eigenvalue weighted by Gasteiger charge is 2.38. The molecule has 0 radical (unpaired) electrons. The third-order valence-electron chi connectivity index (χ3n) is 2.46. The number of aliphatic hydroxyl groups excluding tert-OH is 1. The number of rotatable bonds is 7. The Balaban J connectivity index is 0.000000534. The summed E-state index contributed by atoms with van der Waals surface area (Å²) in [7, 11) is 0. The molecule has 0 aliphatic carbocycles. The topological polar surface area (TPSA) is 92.8 Å². The maximum atomic E-state index is 10.6. The second kappa shape index (κ2) is 10.9. The molecule has 4 N–H and O–H groups in total. The number of aliphatic hydroxyl groups is 1. The van der Waals surface area contributed by atoms with Crippen LogP contribution in [0.25, 0.3) is 0 Å². The molecule has 0 amide bonds. The lowest BCUT2D eigenvalue weighted by molar-refractivity contribution is -0.192. The number of carboxylic acids is 1. The number of aliphatic carboxylic acids is 1. The lowest BCUT2D eigenvalue weighted by Gasteiger charge is -2.09. The molecule has 0 aliphatic rings. The molecule has 0 spiro atoms. The van der Waals surface area contributed by atoms with E-state index in [0.29, 0.717) is 6.61 Å². The van der Waals surface area contributed by atoms with E-state index in [2.05, 4.69) is 6.07 Å². The van der Waals surface area contributed by atoms with E-state index in [-0.39, 0.29) is 6.61 Å². The van der Waals surface area contributed by atoms with Gasteiger partial charge in [0.05, 0.1) is 6.61 Å². The molecule has 0 saturated heterocycles. The van der Waals surface area contributed by atoms with Gasteiger partial charge in [-0.05, 0) is 37.4 Å². The maximum absolute atomic E-state index is 10.6. The quantitative estimate of drug-likeness (QED) is 0.667. The van der Waals surface area contributed by atoms with Crippen LogP contribution in [0.1, 0.15) is 18.4 Å². The van der Waals surface area contributed by atoms with Crippen molar-refractivity contribution in [2.45, 2.75) is 25.4 Å². The third kappa shape index (κ3) is 9.19. The van der Waals surface area contributed by atoms with Gasteiger partial charge >= 0.3 is 12.1 Å². The highest BCUT2D eigenvalue weighted by Crippen LogP contribution is 2.19. The number of hydrogen-bond donors (Lipinski definition) is 3. The zero-order valence-corrected chi connectivity index (χ0v) is 12.0. The minimum atomic E-state index is -5.08. The summed E-state index contributed by atoms with van der Waals surface area (Å²) in [6.45, 7) is 1.14. The molecule has 0 bridgehead atoms. The molecule has 0 atom stereocenters. The van der Waals surface area contributed by atoms with Gasteiger partial charge in [-0.3, -0.25) is 0 Å². The first-order chi connectivity index (χ1) is 10.3. The SMILES string of the molecule is NCCCCc1ccccc1OCCO.O=C(O)C(F)(F)F. The van der Waals surface area contributed by atoms with Crippen molar-refractivity contribution in [2.75, 3.05) is 19.8 Å². The van der Waals surface area contributed by atoms with Crippen molar-refractivity contribution < 1.29 is 32.9 Å². The van der Waals surface area contributed by atoms with Crippen LogP contribution in [0, 0.1) is 0 Å². The second-order valence-corrected chi connectivity index (χ2v) is 4.23. The van der Waals surface area contributed by atoms with E-state index >= 15 is 0 Å². The minimum absolute atomic E-state index is 0.0527. The van der Waals surface area contributed by atoms with Gasteiger partial charge in [0.15, 0.2) is 0 Å². The Hall–Kier alpha value is -1.80. The number of ether oxygens (including phenoxy) is 1. The van der Waals surface area contributed by atoms with E-state index in [1.165, 1.54) is 5.56 Å². The van der Waals surface area contributed by atoms with Crippen LogP contribution < -0.4 is 10.5 Å². The van der Waals surface area contributed by atoms with Gasteiger partial charge in [-0.1, -0.05) is 18.2 Å². The second-order valence-electron chi connectivity index (χ2n) is 4.23. The lowest BCUT2D eigenvalue weighted by Crippen LogP contribution is -2.21. The molecule has 1 aromatic carbocycles. The highest BCUT2D eigenvalue weighted by molar-refractivity contribution is 5.73. The molecule has 0 heterocycles. The first kappa shape index (κ1) is 20.2. The summed E-state index contributed by atoms with van der Waals surface area (Å²) in [5.74, 6) is -1.88. The number of nitrogens with two attached hydrogens (primary N) is 1. The predicted octanol–water partition coefficient (Wildman–Crippen LogP) is 1.97. The summed E-state index contributed by atoms with van der Waals surface area (Å²) >= 11 is 0. The Kier molecular flexibility index (Phi) is 9.97. The van der Waals surface area contributed by atoms with Crippen molar-refractivity contribution in [3.63, 3.8) is 0 Å². The Morgan fingerprint density at radius 1 is 1.23 bits per heavy atom. The number of hydrogen-bond acceptors (Lipinski definition) is 4. The molecule has 0 fully saturated rings. The van der Waals surface area contributed by atoms with Crippen molar-refractivity contribution in [2.24, 2.45) is 5.73 Å². The summed E-state index contributed by atoms with van der Waals surface area (Å²) in [5, 5.41) is 15.8. The molecular weight excluding hydrogens is 303 g/mol. The molecule has 0 saturated carbocycles. The summed E-state index contributed by atoms with van der Waals surface area (Å²) in [4.78, 5) is 8.90. The van der Waals surface area contributed by atoms with Crippen molar-refractivity contribution >= 4 is 5.97 Å². The number of benzene rings is 1. The Morgan fingerprint density at radius 3 is 2.32 bits per heavy atom. The molecule has 0 aliphatic heterocycles. The zero-order valence-electron chi connectivity index (χ0n) is 12.0. The van der Waals surface area contributed by atoms with Gasteiger partial charge in [0, 0.05) is 0 Å². The number of unbranched alkanes of at least 4 members (excludes halogenated alkanes) is 1. The lowest BCUT2D eigenvalue weighted by atomic mass is 10.1. The molecule has 1 aromatic rings. The van der Waals surface area contributed by atoms with E-state index in [1.54, 1.807) is 0 Å². The standard InChI is InChI=1S/C12H19NO2.C2HF3O2/c13-8-4-3-6-11-5-1-2-7-12(11)15-10-9-14;3-2(4,5)1(6)7/h1-2,5,7,14H,3-4,6,8-10,13H2;(H,6,7). The number of para-hydroxylation sites is 1. The average Bonchev–Trinajstić information content (AvgIpc) is 2.46. The summed E-state index contributed by atoms with van der Waals surface area (Å²) < 4.78 is 37.2. The van der Waals surface area contributed by atoms with Crippen LogP contribution in [0.2, 0.25) is 0 Å². The predicted molar refractivity (Wildman–Crippen MR) is 74.7 cm³/mol. The van der Waals surface area contributed by atoms with Crippen LogP contribution in [0.15, 0.2) is 24.3 Å². The van der Waals surface area contributed by atoms with Gasteiger partial charge < -0.3 is 20.7 Å². The van der Waals surface area contributed by atoms with Crippen LogP contribution in [-0.4, -0.2) is 42.1 Å². The van der Waals surface area contributed by atoms with Gasteiger partial charge in [-0.2, -0.15) is 13.2 Å². The van der Waals surface area contributed by atoms with Gasteiger partial charge in [0.25, 0.3) is 0 Å². The van der Waals surface area contributed by atoms with E-state index in [4.69, 9.17) is 25.5 Å². The Bertz CT molecular complexity index is 438. The largest absolute Gasteiger partial charge is 0.491 e. The number of alkyl halides is 3. The van der Waals surface area contributed by atoms with Crippen LogP contribution in [-0.2, 0) is 11.2 Å². The van der Waals surface area contributed by atoms with Crippen molar-refractivity contribution in [1.82, 2.24) is 0 Å². The molecule has 1 rings (SSSR count). The molecule has 5 nitrogen and oxygen atoms in total. The van der Waals surface area contributed by atoms with Gasteiger partial charge in [-0.25, -0.2) is 4.79 Å². The first-order valence-electron chi connectivity index (χ1n) is 6.64. The molecule has 0 aromatic heterocycles. The monoisotopic (exact) mass is 323 g/mol. The average molecular weight is 323 g/mol. The minimum Gasteiger partial charge on any atom is -0.491 e. The van der Waals surface area contributed by atoms with Crippen molar-refractivity contribution in [3.8, 4) is 5.75 Å². The number of carboxylic acid groups (broad SMARTS) is 1. The Morgan fingerprint density at radius 2 is 1.82 bits per heavy atom. The summed E-state index contributed by atoms with van der Waals surface area (Å²) in [6.07, 6.45) is -1.98. The molecule has 0 unspecified atom stereocenters. The molecule has 22 heavy (non-hydrogen) atoms. The fraction of sp³-hybridized carbons (Fsp3) is 0.500. The van der Waals surface area contributed by atoms with Gasteiger partial charge in [-0.15, -0.1) is 0 Å². The molecular formula is C14H20F3NO4. The van der Waals surface area contributed by atoms with E-state index in [1.807, 2.05) is 18.2 Å². The normalized spacial score (nSPS) is 10.6. The molecule has 8 heteroatoms. The fourth-order valence-electron chi connectivity index (χ4n) is 1.47. The number of aryl methyl sites for hydroxylation is 1. The van der Waals surface area contributed by atoms with Gasteiger partial charge in [0.2, 0.25) is 0 Å². The number of carbonyl (C=O) groups is 1. The van der Waals surface area contributed by atoms with E-state index < -0.39 is 12.1 Å². The zero-order chi connectivity index (χ0) is 17.0. The molecule has 126 valence electrons. The van der Waals surface area contributed by atoms with Crippen molar-refractivity contribution in [3.05, 3.63) is 29.8 Å². The summed E-state index contributed by atoms with van der Waals surface area (Å²) in [5.41, 5.74) is 6.64. The maximum Gasteiger partial charge on any atom is 0.490 e. The number of halogens is 3. The highest BCUT2D eigenvalue weighted by atomic mass is 19.4.